The van der Waals surface area contributed by atoms with E-state index >= 15 is 0 Å². The van der Waals surface area contributed by atoms with Gasteiger partial charge in [0.15, 0.2) is 0 Å². The van der Waals surface area contributed by atoms with Crippen LogP contribution in [0.25, 0.3) is 0 Å². The number of halogens is 2. The number of rotatable bonds is 6. The SMILES string of the molecule is Cc1cc(F)c(C(C)NCCCS(C)=O)cc1F. The van der Waals surface area contributed by atoms with Crippen molar-refractivity contribution in [2.45, 2.75) is 26.3 Å². The molecule has 0 saturated carbocycles. The number of hydrogen-bond donors (Lipinski definition) is 1. The van der Waals surface area contributed by atoms with Gasteiger partial charge in [0.05, 0.1) is 0 Å². The Morgan fingerprint density at radius 2 is 2.00 bits per heavy atom. The Labute approximate surface area is 109 Å². The summed E-state index contributed by atoms with van der Waals surface area (Å²) in [6.45, 7) is 3.96. The zero-order chi connectivity index (χ0) is 13.7. The molecule has 1 aromatic carbocycles. The van der Waals surface area contributed by atoms with Crippen LogP contribution in [0, 0.1) is 18.6 Å². The highest BCUT2D eigenvalue weighted by Gasteiger charge is 2.13. The van der Waals surface area contributed by atoms with Crippen LogP contribution in [0.2, 0.25) is 0 Å². The third kappa shape index (κ3) is 4.46. The average Bonchev–Trinajstić information content (AvgIpc) is 2.28. The summed E-state index contributed by atoms with van der Waals surface area (Å²) >= 11 is 0. The molecule has 0 saturated heterocycles. The van der Waals surface area contributed by atoms with Gasteiger partial charge in [-0.25, -0.2) is 8.78 Å². The monoisotopic (exact) mass is 275 g/mol. The minimum absolute atomic E-state index is 0.259. The van der Waals surface area contributed by atoms with Gasteiger partial charge in [-0.3, -0.25) is 4.21 Å². The fourth-order valence-electron chi connectivity index (χ4n) is 1.70. The Bertz CT molecular complexity index is 437. The van der Waals surface area contributed by atoms with Gasteiger partial charge in [-0.15, -0.1) is 0 Å². The number of nitrogens with one attached hydrogen (secondary N) is 1. The molecule has 0 aliphatic carbocycles. The van der Waals surface area contributed by atoms with Crippen molar-refractivity contribution in [1.29, 1.82) is 0 Å². The summed E-state index contributed by atoms with van der Waals surface area (Å²) in [6.07, 6.45) is 2.40. The van der Waals surface area contributed by atoms with Gasteiger partial charge in [-0.2, -0.15) is 0 Å². The van der Waals surface area contributed by atoms with Crippen molar-refractivity contribution in [3.8, 4) is 0 Å². The molecule has 0 amide bonds. The van der Waals surface area contributed by atoms with Crippen molar-refractivity contribution in [3.05, 3.63) is 34.9 Å². The highest BCUT2D eigenvalue weighted by atomic mass is 32.2. The van der Waals surface area contributed by atoms with Crippen molar-refractivity contribution in [2.75, 3.05) is 18.6 Å². The molecule has 1 N–H and O–H groups in total. The van der Waals surface area contributed by atoms with E-state index in [9.17, 15) is 13.0 Å². The second-order valence-corrected chi connectivity index (χ2v) is 5.98. The Morgan fingerprint density at radius 1 is 1.33 bits per heavy atom. The molecule has 1 aromatic rings. The number of hydrogen-bond acceptors (Lipinski definition) is 2. The molecule has 5 heteroatoms. The van der Waals surface area contributed by atoms with Crippen molar-refractivity contribution in [3.63, 3.8) is 0 Å². The molecule has 0 bridgehead atoms. The predicted molar refractivity (Wildman–Crippen MR) is 71.1 cm³/mol. The highest BCUT2D eigenvalue weighted by molar-refractivity contribution is 7.84. The van der Waals surface area contributed by atoms with Gasteiger partial charge in [-0.05, 0) is 44.5 Å². The summed E-state index contributed by atoms with van der Waals surface area (Å²) in [5.74, 6) is -0.174. The second kappa shape index (κ2) is 6.95. The first-order valence-corrected chi connectivity index (χ1v) is 7.63. The van der Waals surface area contributed by atoms with Crippen LogP contribution in [0.4, 0.5) is 8.78 Å². The summed E-state index contributed by atoms with van der Waals surface area (Å²) in [5, 5.41) is 3.10. The number of benzene rings is 1. The van der Waals surface area contributed by atoms with Crippen molar-refractivity contribution >= 4 is 10.8 Å². The van der Waals surface area contributed by atoms with Gasteiger partial charge < -0.3 is 5.32 Å². The fraction of sp³-hybridized carbons (Fsp3) is 0.538. The van der Waals surface area contributed by atoms with Crippen molar-refractivity contribution in [1.82, 2.24) is 5.32 Å². The molecule has 2 atom stereocenters. The van der Waals surface area contributed by atoms with E-state index in [1.807, 2.05) is 0 Å². The van der Waals surface area contributed by atoms with E-state index in [0.29, 0.717) is 23.4 Å². The normalized spacial score (nSPS) is 14.5. The van der Waals surface area contributed by atoms with Gasteiger partial charge in [0.25, 0.3) is 0 Å². The first-order valence-electron chi connectivity index (χ1n) is 5.90. The lowest BCUT2D eigenvalue weighted by Gasteiger charge is -2.15. The van der Waals surface area contributed by atoms with E-state index < -0.39 is 22.4 Å². The first-order chi connectivity index (χ1) is 8.41. The van der Waals surface area contributed by atoms with E-state index in [2.05, 4.69) is 5.32 Å². The molecule has 0 aliphatic heterocycles. The standard InChI is InChI=1S/C13H19F2NOS/c1-9-7-13(15)11(8-12(9)14)10(2)16-5-4-6-18(3)17/h7-8,10,16H,4-6H2,1-3H3. The molecule has 2 unspecified atom stereocenters. The van der Waals surface area contributed by atoms with E-state index in [-0.39, 0.29) is 6.04 Å². The first kappa shape index (κ1) is 15.2. The Morgan fingerprint density at radius 3 is 2.61 bits per heavy atom. The van der Waals surface area contributed by atoms with Crippen molar-refractivity contribution in [2.24, 2.45) is 0 Å². The van der Waals surface area contributed by atoms with Crippen molar-refractivity contribution < 1.29 is 13.0 Å². The van der Waals surface area contributed by atoms with Gasteiger partial charge in [0.2, 0.25) is 0 Å². The van der Waals surface area contributed by atoms with Gasteiger partial charge in [0.1, 0.15) is 11.6 Å². The molecule has 0 heterocycles. The molecular weight excluding hydrogens is 256 g/mol. The lowest BCUT2D eigenvalue weighted by Crippen LogP contribution is -2.22. The smallest absolute Gasteiger partial charge is 0.128 e. The average molecular weight is 275 g/mol. The van der Waals surface area contributed by atoms with E-state index in [1.165, 1.54) is 19.1 Å². The quantitative estimate of drug-likeness (QED) is 0.809. The summed E-state index contributed by atoms with van der Waals surface area (Å²) < 4.78 is 37.9. The van der Waals surface area contributed by atoms with Crippen LogP contribution < -0.4 is 5.32 Å². The molecular formula is C13H19F2NOS. The van der Waals surface area contributed by atoms with Crippen LogP contribution in [0.5, 0.6) is 0 Å². The lowest BCUT2D eigenvalue weighted by atomic mass is 10.0. The Hall–Kier alpha value is -0.810. The predicted octanol–water partition coefficient (Wildman–Crippen LogP) is 2.69. The summed E-state index contributed by atoms with van der Waals surface area (Å²) in [7, 11) is -0.810. The maximum Gasteiger partial charge on any atom is 0.128 e. The van der Waals surface area contributed by atoms with Crippen LogP contribution in [0.15, 0.2) is 12.1 Å². The molecule has 0 radical (unpaired) electrons. The van der Waals surface area contributed by atoms with E-state index in [0.717, 1.165) is 6.42 Å². The highest BCUT2D eigenvalue weighted by Crippen LogP contribution is 2.20. The molecule has 1 rings (SSSR count). The third-order valence-corrected chi connectivity index (χ3v) is 3.67. The van der Waals surface area contributed by atoms with E-state index in [1.54, 1.807) is 13.2 Å². The van der Waals surface area contributed by atoms with Crippen LogP contribution in [-0.2, 0) is 10.8 Å². The lowest BCUT2D eigenvalue weighted by molar-refractivity contribution is 0.516. The zero-order valence-electron chi connectivity index (χ0n) is 10.9. The molecule has 0 spiro atoms. The van der Waals surface area contributed by atoms with Crippen LogP contribution in [0.1, 0.15) is 30.5 Å². The summed E-state index contributed by atoms with van der Waals surface area (Å²) in [4.78, 5) is 0. The largest absolute Gasteiger partial charge is 0.310 e. The fourth-order valence-corrected chi connectivity index (χ4v) is 2.25. The second-order valence-electron chi connectivity index (χ2n) is 4.43. The Kier molecular flexibility index (Phi) is 5.88. The van der Waals surface area contributed by atoms with Crippen LogP contribution >= 0.6 is 0 Å². The topological polar surface area (TPSA) is 29.1 Å². The molecule has 0 fully saturated rings. The van der Waals surface area contributed by atoms with Gasteiger partial charge >= 0.3 is 0 Å². The van der Waals surface area contributed by atoms with Gasteiger partial charge in [-0.1, -0.05) is 0 Å². The van der Waals surface area contributed by atoms with Gasteiger partial charge in [0, 0.05) is 34.4 Å². The summed E-state index contributed by atoms with van der Waals surface area (Å²) in [5.41, 5.74) is 0.639. The van der Waals surface area contributed by atoms with E-state index in [4.69, 9.17) is 0 Å². The van der Waals surface area contributed by atoms with Crippen LogP contribution in [0.3, 0.4) is 0 Å². The number of aryl methyl sites for hydroxylation is 1. The maximum atomic E-state index is 13.7. The Balaban J connectivity index is 2.58. The minimum Gasteiger partial charge on any atom is -0.310 e. The molecule has 2 nitrogen and oxygen atoms in total. The molecule has 0 aliphatic rings. The maximum absolute atomic E-state index is 13.7. The minimum atomic E-state index is -0.810. The third-order valence-electron chi connectivity index (χ3n) is 2.80. The summed E-state index contributed by atoms with van der Waals surface area (Å²) in [6, 6.07) is 2.19. The van der Waals surface area contributed by atoms with Crippen LogP contribution in [-0.4, -0.2) is 22.8 Å². The zero-order valence-corrected chi connectivity index (χ0v) is 11.7. The molecule has 0 aromatic heterocycles. The molecule has 18 heavy (non-hydrogen) atoms. The molecule has 102 valence electrons.